The fourth-order valence-corrected chi connectivity index (χ4v) is 4.73. The first-order chi connectivity index (χ1) is 12.3. The van der Waals surface area contributed by atoms with Gasteiger partial charge in [0.15, 0.2) is 0 Å². The number of anilines is 1. The van der Waals surface area contributed by atoms with Gasteiger partial charge in [0.2, 0.25) is 0 Å². The molecule has 0 amide bonds. The summed E-state index contributed by atoms with van der Waals surface area (Å²) < 4.78 is 5.16. The number of hydrogen-bond donors (Lipinski definition) is 1. The van der Waals surface area contributed by atoms with Crippen LogP contribution in [0.3, 0.4) is 0 Å². The molecule has 0 aliphatic carbocycles. The lowest BCUT2D eigenvalue weighted by atomic mass is 9.92. The summed E-state index contributed by atoms with van der Waals surface area (Å²) in [6.07, 6.45) is 3.19. The quantitative estimate of drug-likeness (QED) is 0.798. The molecule has 3 heterocycles. The predicted molar refractivity (Wildman–Crippen MR) is 103 cm³/mol. The van der Waals surface area contributed by atoms with Gasteiger partial charge in [0, 0.05) is 19.6 Å². The van der Waals surface area contributed by atoms with E-state index in [2.05, 4.69) is 14.9 Å². The first kappa shape index (κ1) is 19.0. The van der Waals surface area contributed by atoms with E-state index in [0.717, 1.165) is 41.0 Å². The summed E-state index contributed by atoms with van der Waals surface area (Å²) >= 11 is 1.34. The Morgan fingerprint density at radius 3 is 2.92 bits per heavy atom. The van der Waals surface area contributed by atoms with E-state index in [1.165, 1.54) is 17.7 Å². The summed E-state index contributed by atoms with van der Waals surface area (Å²) in [5.74, 6) is 0.470. The molecule has 7 nitrogen and oxygen atoms in total. The number of likely N-dealkylation sites (N-methyl/N-ethyl adjacent to an activating group) is 1. The van der Waals surface area contributed by atoms with Crippen molar-refractivity contribution in [3.63, 3.8) is 0 Å². The number of aliphatic hydroxyl groups is 1. The second-order valence-corrected chi connectivity index (χ2v) is 8.14. The molecule has 8 heteroatoms. The molecular formula is C18H26N4O3S. The fourth-order valence-electron chi connectivity index (χ4n) is 3.69. The molecule has 1 fully saturated rings. The van der Waals surface area contributed by atoms with Crippen molar-refractivity contribution in [2.45, 2.75) is 32.3 Å². The number of β-amino-alcohol motifs (C(OH)–C–C–N with tert-alkyl or cyclic N) is 1. The number of ether oxygens (including phenoxy) is 1. The molecule has 1 aliphatic heterocycles. The number of piperidine rings is 1. The SMILES string of the molecule is CCOC(=O)c1sc2ncnc(N3CCCC(O)(CN(C)C)C3)c2c1C. The summed E-state index contributed by atoms with van der Waals surface area (Å²) in [5.41, 5.74) is 0.0770. The zero-order valence-electron chi connectivity index (χ0n) is 15.8. The molecule has 1 N–H and O–H groups in total. The van der Waals surface area contributed by atoms with Crippen LogP contribution in [0.15, 0.2) is 6.33 Å². The molecule has 0 radical (unpaired) electrons. The molecule has 26 heavy (non-hydrogen) atoms. The fraction of sp³-hybridized carbons (Fsp3) is 0.611. The Labute approximate surface area is 157 Å². The zero-order valence-corrected chi connectivity index (χ0v) is 16.6. The summed E-state index contributed by atoms with van der Waals surface area (Å²) in [7, 11) is 3.93. The van der Waals surface area contributed by atoms with Gasteiger partial charge in [0.1, 0.15) is 21.9 Å². The maximum Gasteiger partial charge on any atom is 0.348 e. The van der Waals surface area contributed by atoms with Crippen molar-refractivity contribution in [1.29, 1.82) is 0 Å². The highest BCUT2D eigenvalue weighted by atomic mass is 32.1. The van der Waals surface area contributed by atoms with Gasteiger partial charge >= 0.3 is 5.97 Å². The lowest BCUT2D eigenvalue weighted by molar-refractivity contribution is 0.00357. The van der Waals surface area contributed by atoms with Gasteiger partial charge in [-0.25, -0.2) is 14.8 Å². The summed E-state index contributed by atoms with van der Waals surface area (Å²) in [6, 6.07) is 0. The van der Waals surface area contributed by atoms with Crippen LogP contribution in [-0.4, -0.2) is 71.9 Å². The van der Waals surface area contributed by atoms with Crippen LogP contribution in [0.2, 0.25) is 0 Å². The van der Waals surface area contributed by atoms with E-state index in [9.17, 15) is 9.90 Å². The van der Waals surface area contributed by atoms with Crippen molar-refractivity contribution in [1.82, 2.24) is 14.9 Å². The van der Waals surface area contributed by atoms with Crippen molar-refractivity contribution in [3.05, 3.63) is 16.8 Å². The minimum atomic E-state index is -0.771. The van der Waals surface area contributed by atoms with Crippen molar-refractivity contribution < 1.29 is 14.6 Å². The van der Waals surface area contributed by atoms with Crippen molar-refractivity contribution in [3.8, 4) is 0 Å². The van der Waals surface area contributed by atoms with E-state index < -0.39 is 5.60 Å². The van der Waals surface area contributed by atoms with Gasteiger partial charge in [0.25, 0.3) is 0 Å². The Hall–Kier alpha value is -1.77. The number of thiophene rings is 1. The average molecular weight is 378 g/mol. The Morgan fingerprint density at radius 2 is 2.23 bits per heavy atom. The Balaban J connectivity index is 1.98. The summed E-state index contributed by atoms with van der Waals surface area (Å²) in [6.45, 7) is 6.00. The number of hydrogen-bond acceptors (Lipinski definition) is 8. The number of esters is 1. The maximum absolute atomic E-state index is 12.2. The van der Waals surface area contributed by atoms with Crippen LogP contribution in [0.5, 0.6) is 0 Å². The minimum Gasteiger partial charge on any atom is -0.462 e. The van der Waals surface area contributed by atoms with Crippen molar-refractivity contribution >= 4 is 33.3 Å². The normalized spacial score (nSPS) is 20.8. The van der Waals surface area contributed by atoms with Crippen LogP contribution < -0.4 is 4.90 Å². The first-order valence-electron chi connectivity index (χ1n) is 8.88. The number of carbonyl (C=O) groups excluding carboxylic acids is 1. The minimum absolute atomic E-state index is 0.318. The van der Waals surface area contributed by atoms with Gasteiger partial charge in [-0.15, -0.1) is 11.3 Å². The lowest BCUT2D eigenvalue weighted by Crippen LogP contribution is -2.53. The van der Waals surface area contributed by atoms with Crippen LogP contribution in [0.1, 0.15) is 35.0 Å². The van der Waals surface area contributed by atoms with Crippen molar-refractivity contribution in [2.75, 3.05) is 45.2 Å². The highest BCUT2D eigenvalue weighted by Crippen LogP contribution is 2.37. The number of carbonyl (C=O) groups is 1. The second-order valence-electron chi connectivity index (χ2n) is 7.14. The maximum atomic E-state index is 12.2. The molecule has 2 aromatic heterocycles. The smallest absolute Gasteiger partial charge is 0.348 e. The molecule has 1 aliphatic rings. The molecule has 0 aromatic carbocycles. The summed E-state index contributed by atoms with van der Waals surface area (Å²) in [4.78, 5) is 26.5. The van der Waals surface area contributed by atoms with E-state index in [-0.39, 0.29) is 5.97 Å². The van der Waals surface area contributed by atoms with E-state index in [1.807, 2.05) is 25.9 Å². The average Bonchev–Trinajstić information content (AvgIpc) is 2.91. The largest absolute Gasteiger partial charge is 0.462 e. The number of aromatic nitrogens is 2. The van der Waals surface area contributed by atoms with E-state index in [4.69, 9.17) is 4.74 Å². The molecule has 1 atom stereocenters. The van der Waals surface area contributed by atoms with E-state index in [1.54, 1.807) is 6.92 Å². The highest BCUT2D eigenvalue weighted by Gasteiger charge is 2.35. The first-order valence-corrected chi connectivity index (χ1v) is 9.69. The molecular weight excluding hydrogens is 352 g/mol. The number of aryl methyl sites for hydroxylation is 1. The second kappa shape index (κ2) is 7.46. The van der Waals surface area contributed by atoms with Crippen LogP contribution in [-0.2, 0) is 4.74 Å². The third-order valence-corrected chi connectivity index (χ3v) is 5.81. The Bertz CT molecular complexity index is 807. The molecule has 0 saturated carbocycles. The van der Waals surface area contributed by atoms with Gasteiger partial charge in [0.05, 0.1) is 17.6 Å². The third-order valence-electron chi connectivity index (χ3n) is 4.63. The van der Waals surface area contributed by atoms with Crippen LogP contribution in [0.4, 0.5) is 5.82 Å². The number of fused-ring (bicyclic) bond motifs is 1. The topological polar surface area (TPSA) is 78.8 Å². The Kier molecular flexibility index (Phi) is 5.45. The standard InChI is InChI=1S/C18H26N4O3S/c1-5-25-17(23)14-12(2)13-15(19-11-20-16(13)26-14)22-8-6-7-18(24,10-22)9-21(3)4/h11,24H,5-10H2,1-4H3. The van der Waals surface area contributed by atoms with Crippen LogP contribution >= 0.6 is 11.3 Å². The highest BCUT2D eigenvalue weighted by molar-refractivity contribution is 7.20. The number of nitrogens with zero attached hydrogens (tertiary/aromatic N) is 4. The molecule has 3 rings (SSSR count). The molecule has 142 valence electrons. The van der Waals surface area contributed by atoms with Crippen molar-refractivity contribution in [2.24, 2.45) is 0 Å². The monoisotopic (exact) mass is 378 g/mol. The van der Waals surface area contributed by atoms with Gasteiger partial charge in [-0.05, 0) is 46.3 Å². The number of rotatable bonds is 5. The predicted octanol–water partition coefficient (Wildman–Crippen LogP) is 2.07. The Morgan fingerprint density at radius 1 is 1.46 bits per heavy atom. The third kappa shape index (κ3) is 3.67. The summed E-state index contributed by atoms with van der Waals surface area (Å²) in [5, 5.41) is 11.9. The zero-order chi connectivity index (χ0) is 18.9. The lowest BCUT2D eigenvalue weighted by Gasteiger charge is -2.41. The molecule has 1 saturated heterocycles. The van der Waals surface area contributed by atoms with Gasteiger partial charge in [-0.2, -0.15) is 0 Å². The molecule has 0 spiro atoms. The van der Waals surface area contributed by atoms with Gasteiger partial charge in [-0.3, -0.25) is 0 Å². The molecule has 1 unspecified atom stereocenters. The van der Waals surface area contributed by atoms with Gasteiger partial charge in [-0.1, -0.05) is 0 Å². The van der Waals surface area contributed by atoms with E-state index >= 15 is 0 Å². The van der Waals surface area contributed by atoms with E-state index in [0.29, 0.717) is 24.6 Å². The molecule has 2 aromatic rings. The molecule has 0 bridgehead atoms. The van der Waals surface area contributed by atoms with Gasteiger partial charge < -0.3 is 19.6 Å². The van der Waals surface area contributed by atoms with Crippen LogP contribution in [0, 0.1) is 6.92 Å². The van der Waals surface area contributed by atoms with Crippen LogP contribution in [0.25, 0.3) is 10.2 Å².